The van der Waals surface area contributed by atoms with Gasteiger partial charge in [0, 0.05) is 0 Å². The first-order valence-electron chi connectivity index (χ1n) is 7.94. The fourth-order valence-corrected chi connectivity index (χ4v) is 3.82. The van der Waals surface area contributed by atoms with Crippen LogP contribution >= 0.6 is 6.89 Å². The number of rotatable bonds is 5. The van der Waals surface area contributed by atoms with E-state index in [9.17, 15) is 10.2 Å². The summed E-state index contributed by atoms with van der Waals surface area (Å²) in [5.74, 6) is 0.175. The molecule has 2 aromatic heterocycles. The SMILES string of the molecule is C=P(C)(C)CC[C@H]1OC(n2cnc3c(N)nc(OC)nc32)[C@H](O)[C@@H]1O. The van der Waals surface area contributed by atoms with Gasteiger partial charge in [-0.1, -0.05) is 0 Å². The summed E-state index contributed by atoms with van der Waals surface area (Å²) < 4.78 is 12.5. The number of ether oxygens (including phenoxy) is 2. The van der Waals surface area contributed by atoms with E-state index in [2.05, 4.69) is 34.6 Å². The highest BCUT2D eigenvalue weighted by molar-refractivity contribution is 7.72. The van der Waals surface area contributed by atoms with Crippen LogP contribution in [0, 0.1) is 0 Å². The smallest absolute Gasteiger partial charge is 0.320 e. The molecule has 138 valence electrons. The Morgan fingerprint density at radius 3 is 2.72 bits per heavy atom. The van der Waals surface area contributed by atoms with Gasteiger partial charge in [0.1, 0.15) is 12.2 Å². The van der Waals surface area contributed by atoms with Gasteiger partial charge in [-0.25, -0.2) is 4.98 Å². The molecule has 1 fully saturated rings. The molecule has 0 aromatic carbocycles. The van der Waals surface area contributed by atoms with Crippen molar-refractivity contribution in [3.63, 3.8) is 0 Å². The molecule has 4 N–H and O–H groups in total. The maximum Gasteiger partial charge on any atom is 0.320 e. The highest BCUT2D eigenvalue weighted by Gasteiger charge is 2.44. The van der Waals surface area contributed by atoms with E-state index in [0.717, 1.165) is 6.16 Å². The van der Waals surface area contributed by atoms with Crippen molar-refractivity contribution in [3.05, 3.63) is 6.33 Å². The average Bonchev–Trinajstić information content (AvgIpc) is 3.08. The Morgan fingerprint density at radius 2 is 2.08 bits per heavy atom. The van der Waals surface area contributed by atoms with Crippen molar-refractivity contribution in [1.82, 2.24) is 19.5 Å². The molecule has 0 radical (unpaired) electrons. The Morgan fingerprint density at radius 1 is 1.36 bits per heavy atom. The van der Waals surface area contributed by atoms with E-state index < -0.39 is 31.4 Å². The molecule has 3 rings (SSSR count). The van der Waals surface area contributed by atoms with Crippen molar-refractivity contribution in [2.45, 2.75) is 31.0 Å². The number of hydrogen-bond donors (Lipinski definition) is 3. The number of imidazole rings is 1. The molecule has 0 spiro atoms. The van der Waals surface area contributed by atoms with Crippen LogP contribution in [0.15, 0.2) is 6.33 Å². The second-order valence-corrected chi connectivity index (χ2v) is 11.2. The number of anilines is 1. The van der Waals surface area contributed by atoms with Gasteiger partial charge >= 0.3 is 6.01 Å². The summed E-state index contributed by atoms with van der Waals surface area (Å²) in [5, 5.41) is 20.8. The number of nitrogens with zero attached hydrogens (tertiary/aromatic N) is 4. The largest absolute Gasteiger partial charge is 0.467 e. The summed E-state index contributed by atoms with van der Waals surface area (Å²) in [5.41, 5.74) is 6.64. The van der Waals surface area contributed by atoms with Gasteiger partial charge in [-0.05, 0) is 25.9 Å². The van der Waals surface area contributed by atoms with Crippen LogP contribution in [0.5, 0.6) is 6.01 Å². The summed E-state index contributed by atoms with van der Waals surface area (Å²) in [6.45, 7) is 3.00. The number of nitrogen functional groups attached to an aromatic ring is 1. The number of nitrogens with two attached hydrogens (primary N) is 1. The van der Waals surface area contributed by atoms with Crippen molar-refractivity contribution < 1.29 is 19.7 Å². The van der Waals surface area contributed by atoms with Crippen molar-refractivity contribution in [2.24, 2.45) is 0 Å². The van der Waals surface area contributed by atoms with Gasteiger partial charge in [-0.15, -0.1) is 13.2 Å². The van der Waals surface area contributed by atoms with Crippen LogP contribution in [0.2, 0.25) is 0 Å². The molecule has 25 heavy (non-hydrogen) atoms. The number of methoxy groups -OCH3 is 1. The number of fused-ring (bicyclic) bond motifs is 1. The zero-order chi connectivity index (χ0) is 18.4. The molecule has 0 saturated carbocycles. The fraction of sp³-hybridized carbons (Fsp3) is 0.600. The predicted octanol–water partition coefficient (Wildman–Crippen LogP) is 0.136. The third-order valence-corrected chi connectivity index (χ3v) is 5.71. The van der Waals surface area contributed by atoms with Gasteiger partial charge < -0.3 is 25.4 Å². The Bertz CT molecular complexity index is 820. The van der Waals surface area contributed by atoms with Gasteiger partial charge in [0.2, 0.25) is 0 Å². The number of aliphatic hydroxyl groups is 2. The summed E-state index contributed by atoms with van der Waals surface area (Å²) in [7, 11) is 1.44. The second kappa shape index (κ2) is 6.57. The van der Waals surface area contributed by atoms with Crippen molar-refractivity contribution in [1.29, 1.82) is 0 Å². The Balaban J connectivity index is 1.90. The van der Waals surface area contributed by atoms with Crippen LogP contribution in [0.3, 0.4) is 0 Å². The minimum absolute atomic E-state index is 0.0972. The predicted molar refractivity (Wildman–Crippen MR) is 97.6 cm³/mol. The van der Waals surface area contributed by atoms with Crippen LogP contribution in [0.25, 0.3) is 11.2 Å². The summed E-state index contributed by atoms with van der Waals surface area (Å²) in [4.78, 5) is 12.4. The van der Waals surface area contributed by atoms with Gasteiger partial charge in [0.15, 0.2) is 23.2 Å². The summed E-state index contributed by atoms with van der Waals surface area (Å²) >= 11 is 0. The van der Waals surface area contributed by atoms with Gasteiger partial charge in [0.05, 0.1) is 19.5 Å². The zero-order valence-corrected chi connectivity index (χ0v) is 15.4. The Hall–Kier alpha value is -1.67. The monoisotopic (exact) mass is 369 g/mol. The van der Waals surface area contributed by atoms with Crippen LogP contribution in [0.1, 0.15) is 12.6 Å². The first kappa shape index (κ1) is 18.1. The molecular weight excluding hydrogens is 345 g/mol. The molecule has 0 amide bonds. The number of aliphatic hydroxyl groups excluding tert-OH is 2. The summed E-state index contributed by atoms with van der Waals surface area (Å²) in [6.07, 6.45) is 3.75. The molecule has 1 aliphatic heterocycles. The van der Waals surface area contributed by atoms with E-state index in [0.29, 0.717) is 17.6 Å². The third kappa shape index (κ3) is 3.50. The lowest BCUT2D eigenvalue weighted by Gasteiger charge is -2.18. The van der Waals surface area contributed by atoms with E-state index in [1.54, 1.807) is 4.57 Å². The lowest BCUT2D eigenvalue weighted by Crippen LogP contribution is -2.31. The molecule has 9 nitrogen and oxygen atoms in total. The molecule has 1 aliphatic rings. The number of aromatic nitrogens is 4. The summed E-state index contributed by atoms with van der Waals surface area (Å²) in [6, 6.07) is 0.0972. The van der Waals surface area contributed by atoms with E-state index in [4.69, 9.17) is 15.2 Å². The van der Waals surface area contributed by atoms with Crippen LogP contribution in [0.4, 0.5) is 5.82 Å². The lowest BCUT2D eigenvalue weighted by atomic mass is 10.1. The van der Waals surface area contributed by atoms with Crippen molar-refractivity contribution in [2.75, 3.05) is 32.3 Å². The van der Waals surface area contributed by atoms with Gasteiger partial charge in [-0.3, -0.25) is 4.57 Å². The highest BCUT2D eigenvalue weighted by atomic mass is 31.2. The highest BCUT2D eigenvalue weighted by Crippen LogP contribution is 2.40. The van der Waals surface area contributed by atoms with E-state index in [-0.39, 0.29) is 11.8 Å². The first-order valence-corrected chi connectivity index (χ1v) is 11.0. The molecular formula is C15H24N5O4P. The van der Waals surface area contributed by atoms with Gasteiger partial charge in [0.25, 0.3) is 0 Å². The topological polar surface area (TPSA) is 129 Å². The van der Waals surface area contributed by atoms with Crippen molar-refractivity contribution >= 4 is 30.2 Å². The lowest BCUT2D eigenvalue weighted by molar-refractivity contribution is -0.0353. The van der Waals surface area contributed by atoms with Crippen LogP contribution in [-0.4, -0.2) is 80.9 Å². The molecule has 2 aromatic rings. The minimum atomic E-state index is -1.25. The maximum atomic E-state index is 10.4. The van der Waals surface area contributed by atoms with E-state index in [1.807, 2.05) is 0 Å². The maximum absolute atomic E-state index is 10.4. The quantitative estimate of drug-likeness (QED) is 0.635. The van der Waals surface area contributed by atoms with Gasteiger partial charge in [-0.2, -0.15) is 9.97 Å². The molecule has 4 atom stereocenters. The Kier molecular flexibility index (Phi) is 4.76. The molecule has 0 aliphatic carbocycles. The molecule has 10 heteroatoms. The molecule has 1 saturated heterocycles. The first-order chi connectivity index (χ1) is 11.7. The Labute approximate surface area is 145 Å². The van der Waals surface area contributed by atoms with Crippen molar-refractivity contribution in [3.8, 4) is 6.01 Å². The second-order valence-electron chi connectivity index (χ2n) is 6.91. The van der Waals surface area contributed by atoms with Crippen LogP contribution < -0.4 is 10.5 Å². The molecule has 3 heterocycles. The average molecular weight is 369 g/mol. The molecule has 1 unspecified atom stereocenters. The normalized spacial score (nSPS) is 27.1. The van der Waals surface area contributed by atoms with Crippen LogP contribution in [-0.2, 0) is 4.74 Å². The minimum Gasteiger partial charge on any atom is -0.467 e. The van der Waals surface area contributed by atoms with E-state index in [1.165, 1.54) is 13.4 Å². The number of hydrogen-bond acceptors (Lipinski definition) is 8. The zero-order valence-electron chi connectivity index (χ0n) is 14.5. The fourth-order valence-electron chi connectivity index (χ4n) is 2.87. The third-order valence-electron chi connectivity index (χ3n) is 4.24. The molecule has 0 bridgehead atoms. The van der Waals surface area contributed by atoms with E-state index >= 15 is 0 Å². The standard InChI is InChI=1S/C15H24N5O4P/c1-23-15-18-12(16)9-13(19-15)20(7-17-9)14-11(22)10(21)8(24-14)5-6-25(2,3)4/h7-8,10-11,14,21-22H,2,5-6H2,1,3-4H3,(H2,16,18,19)/t8-,10-,11-,14?/m1/s1.